The van der Waals surface area contributed by atoms with Crippen LogP contribution in [0.5, 0.6) is 0 Å². The second kappa shape index (κ2) is 22.8. The second-order valence-electron chi connectivity index (χ2n) is 23.5. The molecule has 0 N–H and O–H groups in total. The van der Waals surface area contributed by atoms with Crippen LogP contribution in [0.4, 0.5) is 34.1 Å². The Morgan fingerprint density at radius 3 is 1.44 bits per heavy atom. The molecule has 0 amide bonds. The summed E-state index contributed by atoms with van der Waals surface area (Å²) >= 11 is 1.87. The van der Waals surface area contributed by atoms with Crippen LogP contribution in [0.25, 0.3) is 130 Å². The van der Waals surface area contributed by atoms with Gasteiger partial charge in [0.2, 0.25) is 0 Å². The average molecular weight is 1180 g/mol. The third-order valence-corrected chi connectivity index (χ3v) is 19.4. The molecule has 2 nitrogen and oxygen atoms in total. The lowest BCUT2D eigenvalue weighted by molar-refractivity contribution is 1.28. The molecule has 0 saturated carbocycles. The van der Waals surface area contributed by atoms with Crippen molar-refractivity contribution >= 4 is 109 Å². The van der Waals surface area contributed by atoms with Crippen molar-refractivity contribution in [3.05, 3.63) is 352 Å². The van der Waals surface area contributed by atoms with Crippen LogP contribution in [-0.4, -0.2) is 0 Å². The molecule has 1 heterocycles. The minimum Gasteiger partial charge on any atom is -0.310 e. The van der Waals surface area contributed by atoms with Gasteiger partial charge in [0.05, 0.1) is 17.1 Å². The molecule has 17 aromatic rings. The molecular weight excluding hydrogens is 1120 g/mol. The molecule has 0 aliphatic heterocycles. The highest BCUT2D eigenvalue weighted by atomic mass is 32.1. The summed E-state index contributed by atoms with van der Waals surface area (Å²) in [5.74, 6) is 0. The van der Waals surface area contributed by atoms with E-state index in [1.807, 2.05) is 11.3 Å². The quantitative estimate of drug-likeness (QED) is 0.113. The van der Waals surface area contributed by atoms with Crippen LogP contribution < -0.4 is 9.80 Å². The van der Waals surface area contributed by atoms with Gasteiger partial charge in [0.15, 0.2) is 0 Å². The van der Waals surface area contributed by atoms with Gasteiger partial charge < -0.3 is 9.80 Å². The van der Waals surface area contributed by atoms with E-state index in [1.54, 1.807) is 0 Å². The van der Waals surface area contributed by atoms with Gasteiger partial charge >= 0.3 is 0 Å². The Morgan fingerprint density at radius 2 is 0.648 bits per heavy atom. The first-order valence-corrected chi connectivity index (χ1v) is 32.0. The van der Waals surface area contributed by atoms with E-state index in [9.17, 15) is 0 Å². The summed E-state index contributed by atoms with van der Waals surface area (Å²) in [4.78, 5) is 4.93. The van der Waals surface area contributed by atoms with Crippen LogP contribution in [0, 0.1) is 0 Å². The molecule has 0 saturated heterocycles. The van der Waals surface area contributed by atoms with Crippen LogP contribution in [0.3, 0.4) is 0 Å². The van der Waals surface area contributed by atoms with Gasteiger partial charge in [-0.2, -0.15) is 0 Å². The number of para-hydroxylation sites is 2. The Balaban J connectivity index is 0.817. The Hall–Kier alpha value is -11.6. The van der Waals surface area contributed by atoms with Gasteiger partial charge in [0, 0.05) is 53.7 Å². The van der Waals surface area contributed by atoms with Crippen LogP contribution >= 0.6 is 11.3 Å². The lowest BCUT2D eigenvalue weighted by atomic mass is 9.94. The smallest absolute Gasteiger partial charge is 0.0540 e. The summed E-state index contributed by atoms with van der Waals surface area (Å²) in [5.41, 5.74) is 20.6. The van der Waals surface area contributed by atoms with Crippen molar-refractivity contribution in [3.63, 3.8) is 0 Å². The number of nitrogens with zero attached hydrogens (tertiary/aromatic N) is 2. The SMILES string of the molecule is c1ccc(-c2ccc(-c3ccccc3N(c3cccc(-c4ccccc4N(c4ccc(-c5cccc6ccccc56)cc4)c4ccc5c(ccc6cc(-c7cccc8sc9ccccc9c78)ccc65)c4)c3)c3ccc(-c4ccccc4)c4ccccc34)cc2)cc1. The maximum absolute atomic E-state index is 2.48. The van der Waals surface area contributed by atoms with E-state index < -0.39 is 0 Å². The second-order valence-corrected chi connectivity index (χ2v) is 24.6. The van der Waals surface area contributed by atoms with Crippen LogP contribution in [0.15, 0.2) is 352 Å². The van der Waals surface area contributed by atoms with E-state index in [1.165, 1.54) is 102 Å². The molecule has 0 spiro atoms. The van der Waals surface area contributed by atoms with Crippen molar-refractivity contribution in [3.8, 4) is 66.8 Å². The molecule has 0 aliphatic carbocycles. The average Bonchev–Trinajstić information content (AvgIpc) is 1.56. The number of fused-ring (bicyclic) bond motifs is 8. The highest BCUT2D eigenvalue weighted by molar-refractivity contribution is 7.26. The van der Waals surface area contributed by atoms with Gasteiger partial charge in [-0.3, -0.25) is 0 Å². The number of thiophene rings is 1. The molecule has 0 unspecified atom stereocenters. The fraction of sp³-hybridized carbons (Fsp3) is 0. The molecular formula is C88H58N2S. The van der Waals surface area contributed by atoms with Crippen LogP contribution in [0.1, 0.15) is 0 Å². The number of anilines is 6. The van der Waals surface area contributed by atoms with Gasteiger partial charge in [0.1, 0.15) is 0 Å². The minimum absolute atomic E-state index is 1.05. The largest absolute Gasteiger partial charge is 0.310 e. The molecule has 91 heavy (non-hydrogen) atoms. The highest BCUT2D eigenvalue weighted by Crippen LogP contribution is 2.49. The summed E-state index contributed by atoms with van der Waals surface area (Å²) in [6, 6.07) is 130. The van der Waals surface area contributed by atoms with Crippen molar-refractivity contribution in [1.82, 2.24) is 0 Å². The minimum atomic E-state index is 1.05. The van der Waals surface area contributed by atoms with Crippen molar-refractivity contribution in [2.24, 2.45) is 0 Å². The molecule has 0 bridgehead atoms. The molecule has 0 atom stereocenters. The van der Waals surface area contributed by atoms with E-state index in [4.69, 9.17) is 0 Å². The molecule has 17 rings (SSSR count). The summed E-state index contributed by atoms with van der Waals surface area (Å²) in [6.07, 6.45) is 0. The zero-order chi connectivity index (χ0) is 60.2. The topological polar surface area (TPSA) is 6.48 Å². The van der Waals surface area contributed by atoms with E-state index in [0.717, 1.165) is 61.8 Å². The zero-order valence-corrected chi connectivity index (χ0v) is 50.6. The molecule has 16 aromatic carbocycles. The summed E-state index contributed by atoms with van der Waals surface area (Å²) < 4.78 is 2.63. The summed E-state index contributed by atoms with van der Waals surface area (Å²) in [6.45, 7) is 0. The number of hydrogen-bond acceptors (Lipinski definition) is 3. The van der Waals surface area contributed by atoms with E-state index in [0.29, 0.717) is 0 Å². The van der Waals surface area contributed by atoms with Crippen molar-refractivity contribution in [1.29, 1.82) is 0 Å². The first-order chi connectivity index (χ1) is 45.1. The number of benzene rings is 16. The predicted molar refractivity (Wildman–Crippen MR) is 391 cm³/mol. The van der Waals surface area contributed by atoms with Crippen molar-refractivity contribution in [2.75, 3.05) is 9.80 Å². The summed E-state index contributed by atoms with van der Waals surface area (Å²) in [7, 11) is 0. The first kappa shape index (κ1) is 53.6. The van der Waals surface area contributed by atoms with Crippen molar-refractivity contribution < 1.29 is 0 Å². The normalized spacial score (nSPS) is 11.5. The number of hydrogen-bond donors (Lipinski definition) is 0. The molecule has 0 radical (unpaired) electrons. The summed E-state index contributed by atoms with van der Waals surface area (Å²) in [5, 5.41) is 12.3. The Kier molecular flexibility index (Phi) is 13.4. The third-order valence-electron chi connectivity index (χ3n) is 18.3. The van der Waals surface area contributed by atoms with Crippen LogP contribution in [-0.2, 0) is 0 Å². The first-order valence-electron chi connectivity index (χ1n) is 31.2. The highest BCUT2D eigenvalue weighted by Gasteiger charge is 2.24. The molecule has 1 aromatic heterocycles. The monoisotopic (exact) mass is 1170 g/mol. The maximum atomic E-state index is 2.48. The lowest BCUT2D eigenvalue weighted by Gasteiger charge is -2.31. The Bertz CT molecular complexity index is 5590. The van der Waals surface area contributed by atoms with E-state index in [-0.39, 0.29) is 0 Å². The van der Waals surface area contributed by atoms with Crippen molar-refractivity contribution in [2.45, 2.75) is 0 Å². The van der Waals surface area contributed by atoms with Gasteiger partial charge in [-0.25, -0.2) is 0 Å². The number of rotatable bonds is 12. The molecule has 426 valence electrons. The van der Waals surface area contributed by atoms with Gasteiger partial charge in [0.25, 0.3) is 0 Å². The fourth-order valence-corrected chi connectivity index (χ4v) is 15.1. The van der Waals surface area contributed by atoms with E-state index in [2.05, 4.69) is 362 Å². The Labute approximate surface area is 533 Å². The third kappa shape index (κ3) is 9.68. The van der Waals surface area contributed by atoms with E-state index >= 15 is 0 Å². The predicted octanol–water partition coefficient (Wildman–Crippen LogP) is 25.6. The van der Waals surface area contributed by atoms with Gasteiger partial charge in [-0.05, 0) is 166 Å². The standard InChI is InChI=1S/C88H58N2S/c1-3-20-59(21-4-1)60-40-42-64(43-41-60)77-29-11-15-37-84(77)90(85-55-54-74(61-22-5-2-6-23-61)80-31-9-10-32-81(80)85)70-27-17-26-65(57-70)78-30-12-14-36-83(78)89(69-49-46-63(47-50-69)73-34-18-25-62-24-7-8-28-72(62)73)71-51-53-76-68(58-71)45-44-66-56-67(48-52-75(66)76)79-35-19-39-87-88(79)82-33-13-16-38-86(82)91-87/h1-58H. The molecule has 3 heteroatoms. The fourth-order valence-electron chi connectivity index (χ4n) is 13.9. The van der Waals surface area contributed by atoms with Gasteiger partial charge in [-0.15, -0.1) is 11.3 Å². The molecule has 0 fully saturated rings. The zero-order valence-electron chi connectivity index (χ0n) is 49.8. The molecule has 0 aliphatic rings. The lowest BCUT2D eigenvalue weighted by Crippen LogP contribution is -2.13. The van der Waals surface area contributed by atoms with Gasteiger partial charge in [-0.1, -0.05) is 279 Å². The van der Waals surface area contributed by atoms with Crippen LogP contribution in [0.2, 0.25) is 0 Å². The maximum Gasteiger partial charge on any atom is 0.0540 e. The Morgan fingerprint density at radius 1 is 0.187 bits per heavy atom.